The molecule has 180 valence electrons. The number of halogens is 1. The number of nitrogens with zero attached hydrogens (tertiary/aromatic N) is 1. The minimum atomic E-state index is -0.193. The van der Waals surface area contributed by atoms with Crippen LogP contribution in [0.2, 0.25) is 5.02 Å². The lowest BCUT2D eigenvalue weighted by molar-refractivity contribution is -0.155. The molecule has 5 rings (SSSR count). The van der Waals surface area contributed by atoms with E-state index in [2.05, 4.69) is 4.98 Å². The topological polar surface area (TPSA) is 87.9 Å². The molecule has 7 nitrogen and oxygen atoms in total. The molecule has 0 saturated heterocycles. The number of hydrogen-bond donors (Lipinski definition) is 0. The molecule has 2 heterocycles. The van der Waals surface area contributed by atoms with Gasteiger partial charge in [-0.3, -0.25) is 9.59 Å². The van der Waals surface area contributed by atoms with E-state index in [4.69, 9.17) is 30.2 Å². The Hall–Kier alpha value is -3.20. The number of carbonyl (C=O) groups is 1. The molecule has 0 aliphatic heterocycles. The zero-order valence-corrected chi connectivity index (χ0v) is 20.4. The van der Waals surface area contributed by atoms with Crippen molar-refractivity contribution in [1.82, 2.24) is 4.98 Å². The highest BCUT2D eigenvalue weighted by Crippen LogP contribution is 2.36. The Kier molecular flexibility index (Phi) is 6.86. The van der Waals surface area contributed by atoms with Gasteiger partial charge in [-0.25, -0.2) is 4.98 Å². The van der Waals surface area contributed by atoms with Gasteiger partial charge < -0.3 is 18.6 Å². The van der Waals surface area contributed by atoms with Crippen LogP contribution in [0, 0.1) is 5.92 Å². The van der Waals surface area contributed by atoms with E-state index < -0.39 is 0 Å². The van der Waals surface area contributed by atoms with E-state index in [1.807, 2.05) is 23.6 Å². The van der Waals surface area contributed by atoms with Gasteiger partial charge in [-0.1, -0.05) is 23.7 Å². The molecule has 9 heteroatoms. The van der Waals surface area contributed by atoms with E-state index >= 15 is 0 Å². The van der Waals surface area contributed by atoms with Gasteiger partial charge in [0.1, 0.15) is 23.1 Å². The van der Waals surface area contributed by atoms with Gasteiger partial charge >= 0.3 is 5.97 Å². The van der Waals surface area contributed by atoms with Crippen LogP contribution in [0.3, 0.4) is 0 Å². The number of methoxy groups -OCH3 is 1. The summed E-state index contributed by atoms with van der Waals surface area (Å²) in [6.07, 6.45) is 3.07. The average Bonchev–Trinajstić information content (AvgIpc) is 3.38. The van der Waals surface area contributed by atoms with Crippen LogP contribution >= 0.6 is 22.9 Å². The van der Waals surface area contributed by atoms with Crippen LogP contribution in [-0.2, 0) is 14.3 Å². The van der Waals surface area contributed by atoms with E-state index in [0.29, 0.717) is 52.5 Å². The average molecular weight is 512 g/mol. The van der Waals surface area contributed by atoms with Crippen molar-refractivity contribution in [2.45, 2.75) is 18.9 Å². The van der Waals surface area contributed by atoms with Crippen molar-refractivity contribution in [2.75, 3.05) is 20.3 Å². The third-order valence-corrected chi connectivity index (χ3v) is 7.08. The lowest BCUT2D eigenvalue weighted by Gasteiger charge is -2.32. The highest BCUT2D eigenvalue weighted by molar-refractivity contribution is 7.13. The molecule has 35 heavy (non-hydrogen) atoms. The number of ether oxygens (including phenoxy) is 3. The Morgan fingerprint density at radius 3 is 2.83 bits per heavy atom. The van der Waals surface area contributed by atoms with Gasteiger partial charge in [0, 0.05) is 23.2 Å². The Bertz CT molecular complexity index is 1410. The lowest BCUT2D eigenvalue weighted by Crippen LogP contribution is -2.37. The maximum atomic E-state index is 12.7. The molecule has 0 unspecified atom stereocenters. The molecular weight excluding hydrogens is 490 g/mol. The van der Waals surface area contributed by atoms with Crippen molar-refractivity contribution in [3.63, 3.8) is 0 Å². The standard InChI is InChI=1S/C26H22ClNO6S/c1-31-26(30)16-11-17(12-16)32-8-9-33-22-13-15(25-28-7-10-35-25)5-6-19(22)23-14-21(29)18-3-2-4-20(27)24(18)34-23/h2-7,10,13-14,16-17H,8-9,11-12H2,1H3. The van der Waals surface area contributed by atoms with Crippen molar-refractivity contribution in [3.05, 3.63) is 69.3 Å². The van der Waals surface area contributed by atoms with Crippen molar-refractivity contribution in [1.29, 1.82) is 0 Å². The molecular formula is C26H22ClNO6S. The fraction of sp³-hybridized carbons (Fsp3) is 0.269. The quantitative estimate of drug-likeness (QED) is 0.225. The number of rotatable bonds is 8. The van der Waals surface area contributed by atoms with Crippen LogP contribution in [-0.4, -0.2) is 37.4 Å². The summed E-state index contributed by atoms with van der Waals surface area (Å²) in [5.74, 6) is 0.617. The molecule has 2 aromatic carbocycles. The second-order valence-corrected chi connectivity index (χ2v) is 9.47. The summed E-state index contributed by atoms with van der Waals surface area (Å²) in [4.78, 5) is 28.7. The number of esters is 1. The number of thiazole rings is 1. The van der Waals surface area contributed by atoms with Crippen LogP contribution in [0.1, 0.15) is 12.8 Å². The van der Waals surface area contributed by atoms with E-state index in [1.165, 1.54) is 24.5 Å². The molecule has 1 aliphatic rings. The van der Waals surface area contributed by atoms with Gasteiger partial charge in [0.05, 0.1) is 41.7 Å². The van der Waals surface area contributed by atoms with Gasteiger partial charge in [-0.05, 0) is 37.1 Å². The van der Waals surface area contributed by atoms with Crippen LogP contribution in [0.5, 0.6) is 5.75 Å². The smallest absolute Gasteiger partial charge is 0.308 e. The largest absolute Gasteiger partial charge is 0.490 e. The monoisotopic (exact) mass is 511 g/mol. The fourth-order valence-electron chi connectivity index (χ4n) is 4.05. The second-order valence-electron chi connectivity index (χ2n) is 8.17. The Morgan fingerprint density at radius 1 is 1.20 bits per heavy atom. The third-order valence-electron chi connectivity index (χ3n) is 5.96. The van der Waals surface area contributed by atoms with Gasteiger partial charge in [0.2, 0.25) is 0 Å². The third kappa shape index (κ3) is 4.96. The number of benzene rings is 2. The first-order chi connectivity index (χ1) is 17.0. The molecule has 0 amide bonds. The molecule has 0 bridgehead atoms. The zero-order valence-electron chi connectivity index (χ0n) is 18.9. The van der Waals surface area contributed by atoms with E-state index in [1.54, 1.807) is 24.4 Å². The maximum absolute atomic E-state index is 12.7. The highest BCUT2D eigenvalue weighted by atomic mass is 35.5. The SMILES string of the molecule is COC(=O)C1CC(OCCOc2cc(-c3nccs3)ccc2-c2cc(=O)c3cccc(Cl)c3o2)C1. The van der Waals surface area contributed by atoms with Gasteiger partial charge in [-0.15, -0.1) is 11.3 Å². The summed E-state index contributed by atoms with van der Waals surface area (Å²) in [6, 6.07) is 12.2. The predicted molar refractivity (Wildman–Crippen MR) is 134 cm³/mol. The summed E-state index contributed by atoms with van der Waals surface area (Å²) >= 11 is 7.81. The summed E-state index contributed by atoms with van der Waals surface area (Å²) in [5.41, 5.74) is 1.66. The van der Waals surface area contributed by atoms with Crippen molar-refractivity contribution in [3.8, 4) is 27.6 Å². The van der Waals surface area contributed by atoms with Crippen LogP contribution in [0.4, 0.5) is 0 Å². The van der Waals surface area contributed by atoms with E-state index in [9.17, 15) is 9.59 Å². The maximum Gasteiger partial charge on any atom is 0.308 e. The van der Waals surface area contributed by atoms with Crippen LogP contribution in [0.25, 0.3) is 32.9 Å². The number of hydrogen-bond acceptors (Lipinski definition) is 8. The summed E-state index contributed by atoms with van der Waals surface area (Å²) in [5, 5.41) is 3.54. The molecule has 0 radical (unpaired) electrons. The Morgan fingerprint density at radius 2 is 2.06 bits per heavy atom. The Balaban J connectivity index is 1.37. The molecule has 1 saturated carbocycles. The predicted octanol–water partition coefficient (Wildman–Crippen LogP) is 5.58. The molecule has 1 aliphatic carbocycles. The fourth-order valence-corrected chi connectivity index (χ4v) is 4.90. The lowest BCUT2D eigenvalue weighted by atomic mass is 9.82. The van der Waals surface area contributed by atoms with Crippen molar-refractivity contribution < 1.29 is 23.4 Å². The van der Waals surface area contributed by atoms with Gasteiger partial charge in [-0.2, -0.15) is 0 Å². The molecule has 2 aromatic heterocycles. The molecule has 0 spiro atoms. The van der Waals surface area contributed by atoms with E-state index in [0.717, 1.165) is 10.6 Å². The first-order valence-corrected chi connectivity index (χ1v) is 12.4. The zero-order chi connectivity index (χ0) is 24.4. The van der Waals surface area contributed by atoms with Crippen molar-refractivity contribution in [2.24, 2.45) is 5.92 Å². The van der Waals surface area contributed by atoms with Crippen LogP contribution in [0.15, 0.2) is 63.3 Å². The van der Waals surface area contributed by atoms with Crippen molar-refractivity contribution >= 4 is 39.9 Å². The van der Waals surface area contributed by atoms with Gasteiger partial charge in [0.25, 0.3) is 0 Å². The van der Waals surface area contributed by atoms with E-state index in [-0.39, 0.29) is 30.0 Å². The highest BCUT2D eigenvalue weighted by Gasteiger charge is 2.35. The number of aromatic nitrogens is 1. The number of fused-ring (bicyclic) bond motifs is 1. The first-order valence-electron chi connectivity index (χ1n) is 11.1. The van der Waals surface area contributed by atoms with Crippen LogP contribution < -0.4 is 10.2 Å². The molecule has 4 aromatic rings. The summed E-state index contributed by atoms with van der Waals surface area (Å²) in [6.45, 7) is 0.638. The number of carbonyl (C=O) groups excluding carboxylic acids is 1. The van der Waals surface area contributed by atoms with Gasteiger partial charge in [0.15, 0.2) is 11.0 Å². The molecule has 0 N–H and O–H groups in total. The first kappa shape index (κ1) is 23.5. The Labute approximate surface area is 210 Å². The minimum absolute atomic E-state index is 0.0180. The molecule has 1 fully saturated rings. The minimum Gasteiger partial charge on any atom is -0.490 e. The summed E-state index contributed by atoms with van der Waals surface area (Å²) in [7, 11) is 1.40. The molecule has 0 atom stereocenters. The second kappa shape index (κ2) is 10.2. The number of para-hydroxylation sites is 1. The summed E-state index contributed by atoms with van der Waals surface area (Å²) < 4.78 is 22.7. The normalized spacial score (nSPS) is 17.2.